The molecule has 0 amide bonds. The molecule has 0 atom stereocenters. The van der Waals surface area contributed by atoms with Crippen LogP contribution in [0.3, 0.4) is 0 Å². The molecule has 27 heteroatoms. The molecule has 0 saturated heterocycles. The van der Waals surface area contributed by atoms with Crippen LogP contribution in [-0.2, 0) is 19.6 Å². The number of carbonyl (C=O) groups is 3. The second kappa shape index (κ2) is 26.3. The van der Waals surface area contributed by atoms with Crippen molar-refractivity contribution < 1.29 is 60.5 Å². The van der Waals surface area contributed by atoms with Crippen LogP contribution in [-0.4, -0.2) is 54.5 Å². The van der Waals surface area contributed by atoms with Gasteiger partial charge < -0.3 is 39.5 Å². The van der Waals surface area contributed by atoms with Gasteiger partial charge in [-0.2, -0.15) is 4.39 Å². The molecule has 0 saturated carbocycles. The van der Waals surface area contributed by atoms with E-state index in [1.165, 1.54) is 35.3 Å². The zero-order chi connectivity index (χ0) is 46.6. The van der Waals surface area contributed by atoms with Gasteiger partial charge in [0, 0.05) is 86.2 Å². The Labute approximate surface area is 403 Å². The van der Waals surface area contributed by atoms with E-state index in [9.17, 15) is 54.9 Å². The highest BCUT2D eigenvalue weighted by Gasteiger charge is 2.22. The smallest absolute Gasteiger partial charge is 0.762 e. The maximum absolute atomic E-state index is 13.5. The molecule has 0 fully saturated rings. The molecule has 0 aliphatic rings. The van der Waals surface area contributed by atoms with Crippen LogP contribution in [0.25, 0.3) is 37.7 Å². The highest BCUT2D eigenvalue weighted by molar-refractivity contribution is 15.0. The molecule has 0 aliphatic carbocycles. The summed E-state index contributed by atoms with van der Waals surface area (Å²) in [5.74, 6) is -6.15. The molecule has 63 heavy (non-hydrogen) atoms. The van der Waals surface area contributed by atoms with E-state index in [1.807, 2.05) is 29.5 Å². The fourth-order valence-electron chi connectivity index (χ4n) is 5.53. The third-order valence-corrected chi connectivity index (χ3v) is 9.12. The summed E-state index contributed by atoms with van der Waals surface area (Å²) in [6, 6.07) is 7.03. The maximum atomic E-state index is 13.5. The quantitative estimate of drug-likeness (QED) is 0.0461. The standard InChI is InChI=1S/C12H9FINO3.C12H8FN3O3.C12H11FN2O3.BF3.FH.I2.HI/c1-2-15-5-7(12(17)18)11(16)6-3-8(13)9(14)4-10(6)15;1-2-16-5-7(12(18)19)11(17)6-3-8(13)9(15-14)4-10(6)16;1-2-15-5-7(12(17)18)11(16)6-3-8(13)9(14)4-10(6)15;2-1(3)4;;1-2;/h3-5H,2H2,1H3,(H,17,18);3-5H,2H2,1H3;3-5H,2,14H2,1H3,(H,17,18);;1H;;1H. The van der Waals surface area contributed by atoms with Gasteiger partial charge in [-0.15, -0.1) is 24.0 Å². The highest BCUT2D eigenvalue weighted by atomic mass is 128. The average Bonchev–Trinajstić information content (AvgIpc) is 3.20. The number of halogens is 11. The number of hydrogen-bond donors (Lipinski definition) is 4. The van der Waals surface area contributed by atoms with Crippen LogP contribution in [0, 0.1) is 26.4 Å². The van der Waals surface area contributed by atoms with Crippen molar-refractivity contribution in [1.82, 2.24) is 13.7 Å². The van der Waals surface area contributed by atoms with Crippen molar-refractivity contribution in [2.45, 2.75) is 40.4 Å². The van der Waals surface area contributed by atoms with Gasteiger partial charge >= 0.3 is 31.1 Å². The summed E-state index contributed by atoms with van der Waals surface area (Å²) in [5.41, 5.74) is 3.06. The Morgan fingerprint density at radius 1 is 0.651 bits per heavy atom. The number of rotatable bonds is 6. The first-order valence-corrected chi connectivity index (χ1v) is 24.1. The number of aromatic nitrogens is 3. The van der Waals surface area contributed by atoms with Crippen LogP contribution in [0.15, 0.2) is 69.4 Å². The summed E-state index contributed by atoms with van der Waals surface area (Å²) in [7, 11) is -3.67. The number of carboxylic acid groups (broad SMARTS) is 3. The fraction of sp³-hybridized carbons (Fsp3) is 0.167. The third kappa shape index (κ3) is 14.2. The predicted molar refractivity (Wildman–Crippen MR) is 257 cm³/mol. The first-order valence-electron chi connectivity index (χ1n) is 16.8. The summed E-state index contributed by atoms with van der Waals surface area (Å²) in [4.78, 5) is 71.5. The molecule has 0 spiro atoms. The average molecular weight is 1340 g/mol. The number of nitrogen functional groups attached to an aromatic ring is 1. The number of nitrogens with zero attached hydrogens (tertiary/aromatic N) is 5. The number of carboxylic acids is 3. The van der Waals surface area contributed by atoms with Crippen molar-refractivity contribution in [3.05, 3.63) is 128 Å². The van der Waals surface area contributed by atoms with Gasteiger partial charge in [-0.25, -0.2) is 23.2 Å². The van der Waals surface area contributed by atoms with E-state index >= 15 is 0 Å². The van der Waals surface area contributed by atoms with E-state index in [0.717, 1.165) is 18.2 Å². The number of diazo groups is 1. The lowest BCUT2D eigenvalue weighted by Crippen LogP contribution is -3.00. The Hall–Kier alpha value is -4.59. The summed E-state index contributed by atoms with van der Waals surface area (Å²) >= 11 is 6.07. The molecule has 6 aromatic rings. The molecular formula is C36H30BF7I4N6O9. The lowest BCUT2D eigenvalue weighted by molar-refractivity contribution is -0.0000612. The van der Waals surface area contributed by atoms with Crippen LogP contribution in [0.5, 0.6) is 0 Å². The van der Waals surface area contributed by atoms with Gasteiger partial charge in [0.1, 0.15) is 28.3 Å². The van der Waals surface area contributed by atoms with Gasteiger partial charge in [-0.1, -0.05) is 0 Å². The number of anilines is 1. The lowest BCUT2D eigenvalue weighted by Gasteiger charge is -2.10. The van der Waals surface area contributed by atoms with Crippen molar-refractivity contribution in [3.63, 3.8) is 0 Å². The number of pyridine rings is 3. The monoisotopic (exact) mass is 1340 g/mol. The number of hydrogen-bond acceptors (Lipinski definition) is 8. The number of benzene rings is 3. The Morgan fingerprint density at radius 2 is 0.952 bits per heavy atom. The van der Waals surface area contributed by atoms with Crippen LogP contribution in [0.1, 0.15) is 51.8 Å². The Morgan fingerprint density at radius 3 is 1.27 bits per heavy atom. The minimum Gasteiger partial charge on any atom is -1.00 e. The summed E-state index contributed by atoms with van der Waals surface area (Å²) in [5, 5.41) is 35.6. The van der Waals surface area contributed by atoms with Crippen LogP contribution in [0.2, 0.25) is 0 Å². The van der Waals surface area contributed by atoms with E-state index in [0.29, 0.717) is 39.8 Å². The van der Waals surface area contributed by atoms with Gasteiger partial charge in [0.2, 0.25) is 27.5 Å². The number of fused-ring (bicyclic) bond motifs is 3. The molecule has 5 N–H and O–H groups in total. The fourth-order valence-corrected chi connectivity index (χ4v) is 5.98. The number of aryl methyl sites for hydroxylation is 3. The molecule has 3 heterocycles. The maximum Gasteiger partial charge on any atom is 0.762 e. The second-order valence-electron chi connectivity index (χ2n) is 11.7. The van der Waals surface area contributed by atoms with Gasteiger partial charge in [-0.3, -0.25) is 27.3 Å². The SMILES string of the molecule is CCn1cc(C(=O)O)c(=O)c2cc(F)c(I)cc21.CCn1cc(C(=O)O)c(=O)c2cc(F)c(N)cc21.CCn1cc(C(=O)O)c(=O)c2cc(F)c([N+]#N)cc21.FB(F)F.I.II.[F-]. The first-order chi connectivity index (χ1) is 28.6. The first kappa shape index (κ1) is 58.4. The van der Waals surface area contributed by atoms with E-state index in [-0.39, 0.29) is 67.3 Å². The molecule has 0 bridgehead atoms. The number of nitrogens with two attached hydrogens (primary N) is 1. The minimum atomic E-state index is -3.67. The minimum absolute atomic E-state index is 0. The van der Waals surface area contributed by atoms with E-state index in [2.05, 4.69) is 42.2 Å². The Balaban J connectivity index is 0.000000847. The van der Waals surface area contributed by atoms with E-state index in [1.54, 1.807) is 29.0 Å². The normalized spacial score (nSPS) is 9.83. The molecule has 338 valence electrons. The van der Waals surface area contributed by atoms with Gasteiger partial charge in [0.25, 0.3) is 0 Å². The molecule has 3 aromatic heterocycles. The van der Waals surface area contributed by atoms with E-state index in [4.69, 9.17) is 26.4 Å². The largest absolute Gasteiger partial charge is 1.00 e. The van der Waals surface area contributed by atoms with Crippen LogP contribution >= 0.6 is 83.8 Å². The molecular weight excluding hydrogens is 1310 g/mol. The molecule has 0 unspecified atom stereocenters. The summed E-state index contributed by atoms with van der Waals surface area (Å²) < 4.78 is 74.4. The van der Waals surface area contributed by atoms with Crippen molar-refractivity contribution in [2.75, 3.05) is 5.73 Å². The highest BCUT2D eigenvalue weighted by Crippen LogP contribution is 2.25. The van der Waals surface area contributed by atoms with Crippen molar-refractivity contribution in [2.24, 2.45) is 0 Å². The number of aromatic carboxylic acids is 3. The van der Waals surface area contributed by atoms with Crippen molar-refractivity contribution in [3.8, 4) is 0 Å². The summed E-state index contributed by atoms with van der Waals surface area (Å²) in [6.07, 6.45) is 3.72. The van der Waals surface area contributed by atoms with Gasteiger partial charge in [-0.05, 0) is 73.7 Å². The van der Waals surface area contributed by atoms with Gasteiger partial charge in [0.05, 0.1) is 37.3 Å². The third-order valence-electron chi connectivity index (χ3n) is 8.29. The van der Waals surface area contributed by atoms with Crippen molar-refractivity contribution >= 4 is 153 Å². The summed E-state index contributed by atoms with van der Waals surface area (Å²) in [6.45, 7) is 6.68. The zero-order valence-electron chi connectivity index (χ0n) is 32.2. The topological polar surface area (TPSA) is 232 Å². The Kier molecular flexibility index (Phi) is 24.4. The van der Waals surface area contributed by atoms with Gasteiger partial charge in [0.15, 0.2) is 4.98 Å². The lowest BCUT2D eigenvalue weighted by atomic mass is 10.1. The molecule has 0 radical (unpaired) electrons. The Bertz CT molecular complexity index is 2770. The van der Waals surface area contributed by atoms with E-state index < -0.39 is 64.8 Å². The molecule has 15 nitrogen and oxygen atoms in total. The van der Waals surface area contributed by atoms with Crippen molar-refractivity contribution in [1.29, 1.82) is 5.39 Å². The zero-order valence-corrected chi connectivity index (χ0v) is 41.0. The molecule has 6 rings (SSSR count). The molecule has 3 aromatic carbocycles. The molecule has 0 aliphatic heterocycles. The predicted octanol–water partition coefficient (Wildman–Crippen LogP) is 6.52. The second-order valence-corrected chi connectivity index (χ2v) is 12.9. The van der Waals surface area contributed by atoms with Crippen LogP contribution < -0.4 is 26.7 Å². The van der Waals surface area contributed by atoms with Crippen LogP contribution in [0.4, 0.5) is 37.5 Å².